The van der Waals surface area contributed by atoms with Crippen LogP contribution in [0.5, 0.6) is 11.6 Å². The van der Waals surface area contributed by atoms with Gasteiger partial charge in [-0.05, 0) is 55.6 Å². The Bertz CT molecular complexity index is 987. The predicted molar refractivity (Wildman–Crippen MR) is 117 cm³/mol. The minimum atomic E-state index is -0.213. The lowest BCUT2D eigenvalue weighted by Crippen LogP contribution is -2.26. The van der Waals surface area contributed by atoms with Crippen LogP contribution in [0, 0.1) is 0 Å². The first-order chi connectivity index (χ1) is 14.7. The molecule has 4 rings (SSSR count). The van der Waals surface area contributed by atoms with Gasteiger partial charge in [0.2, 0.25) is 5.88 Å². The number of hydrogen-bond acceptors (Lipinski definition) is 4. The molecule has 0 bridgehead atoms. The minimum absolute atomic E-state index is 0.0300. The normalized spacial score (nSPS) is 14.3. The van der Waals surface area contributed by atoms with E-state index in [1.807, 2.05) is 30.3 Å². The maximum absolute atomic E-state index is 12.6. The fourth-order valence-electron chi connectivity index (χ4n) is 3.92. The van der Waals surface area contributed by atoms with E-state index < -0.39 is 0 Å². The summed E-state index contributed by atoms with van der Waals surface area (Å²) < 4.78 is 8.55. The largest absolute Gasteiger partial charge is 0.493 e. The molecule has 0 aliphatic carbocycles. The van der Waals surface area contributed by atoms with Crippen LogP contribution in [0.3, 0.4) is 0 Å². The Morgan fingerprint density at radius 1 is 0.900 bits per heavy atom. The summed E-state index contributed by atoms with van der Waals surface area (Å²) in [5.74, 6) is 0.718. The summed E-state index contributed by atoms with van der Waals surface area (Å²) in [5, 5.41) is 10.2. The highest BCUT2D eigenvalue weighted by Gasteiger charge is 2.12. The van der Waals surface area contributed by atoms with Crippen LogP contribution >= 0.6 is 0 Å². The van der Waals surface area contributed by atoms with Crippen molar-refractivity contribution < 1.29 is 9.84 Å². The van der Waals surface area contributed by atoms with Crippen LogP contribution in [0.2, 0.25) is 0 Å². The summed E-state index contributed by atoms with van der Waals surface area (Å²) in [7, 11) is 0. The summed E-state index contributed by atoms with van der Waals surface area (Å²) in [5.41, 5.74) is 2.31. The van der Waals surface area contributed by atoms with Gasteiger partial charge in [0, 0.05) is 13.1 Å². The monoisotopic (exact) mass is 407 g/mol. The molecular formula is C24H29N3O3. The molecule has 0 unspecified atom stereocenters. The number of imidazole rings is 1. The van der Waals surface area contributed by atoms with Gasteiger partial charge in [-0.3, -0.25) is 14.0 Å². The lowest BCUT2D eigenvalue weighted by atomic mass is 10.1. The van der Waals surface area contributed by atoms with Crippen molar-refractivity contribution in [1.29, 1.82) is 0 Å². The molecule has 158 valence electrons. The molecule has 6 heteroatoms. The van der Waals surface area contributed by atoms with Crippen molar-refractivity contribution in [2.75, 3.05) is 19.7 Å². The first-order valence-corrected chi connectivity index (χ1v) is 10.7. The van der Waals surface area contributed by atoms with E-state index in [-0.39, 0.29) is 11.6 Å². The van der Waals surface area contributed by atoms with Gasteiger partial charge >= 0.3 is 5.69 Å². The second-order valence-electron chi connectivity index (χ2n) is 7.83. The Hall–Kier alpha value is -2.99. The molecule has 3 aromatic rings. The lowest BCUT2D eigenvalue weighted by Gasteiger charge is -2.14. The molecule has 1 fully saturated rings. The third kappa shape index (κ3) is 5.13. The standard InChI is InChI=1S/C24H29N3O3/c28-23-19-26(24(29)27(23)16-17-30-22-6-2-1-3-7-22)15-12-20-8-10-21(11-9-20)18-25-13-4-5-14-25/h1-3,6-11,19,28H,4-5,12-18H2. The van der Waals surface area contributed by atoms with E-state index in [4.69, 9.17) is 4.74 Å². The molecule has 0 saturated carbocycles. The van der Waals surface area contributed by atoms with Gasteiger partial charge in [0.25, 0.3) is 0 Å². The molecule has 2 heterocycles. The molecule has 1 aliphatic heterocycles. The smallest absolute Gasteiger partial charge is 0.331 e. The Kier molecular flexibility index (Phi) is 6.54. The summed E-state index contributed by atoms with van der Waals surface area (Å²) in [6.45, 7) is 4.56. The quantitative estimate of drug-likeness (QED) is 0.591. The third-order valence-electron chi connectivity index (χ3n) is 5.62. The Morgan fingerprint density at radius 3 is 2.33 bits per heavy atom. The van der Waals surface area contributed by atoms with E-state index in [0.29, 0.717) is 19.7 Å². The molecule has 6 nitrogen and oxygen atoms in total. The van der Waals surface area contributed by atoms with Crippen molar-refractivity contribution in [3.8, 4) is 11.6 Å². The molecule has 0 spiro atoms. The maximum Gasteiger partial charge on any atom is 0.331 e. The predicted octanol–water partition coefficient (Wildman–Crippen LogP) is 3.27. The number of nitrogens with zero attached hydrogens (tertiary/aromatic N) is 3. The summed E-state index contributed by atoms with van der Waals surface area (Å²) >= 11 is 0. The number of aryl methyl sites for hydroxylation is 2. The van der Waals surface area contributed by atoms with Gasteiger partial charge in [0.05, 0.1) is 12.7 Å². The second-order valence-corrected chi connectivity index (χ2v) is 7.83. The number of aromatic hydroxyl groups is 1. The molecule has 0 atom stereocenters. The van der Waals surface area contributed by atoms with Crippen molar-refractivity contribution in [1.82, 2.24) is 14.0 Å². The van der Waals surface area contributed by atoms with Crippen molar-refractivity contribution >= 4 is 0 Å². The number of likely N-dealkylation sites (tertiary alicyclic amines) is 1. The van der Waals surface area contributed by atoms with E-state index in [2.05, 4.69) is 29.2 Å². The van der Waals surface area contributed by atoms with E-state index in [0.717, 1.165) is 18.7 Å². The fourth-order valence-corrected chi connectivity index (χ4v) is 3.92. The molecule has 1 saturated heterocycles. The highest BCUT2D eigenvalue weighted by molar-refractivity contribution is 5.23. The number of benzene rings is 2. The Balaban J connectivity index is 1.30. The van der Waals surface area contributed by atoms with Crippen LogP contribution in [0.1, 0.15) is 24.0 Å². The number of aromatic nitrogens is 2. The maximum atomic E-state index is 12.6. The number of para-hydroxylation sites is 1. The topological polar surface area (TPSA) is 59.6 Å². The number of rotatable bonds is 9. The average molecular weight is 408 g/mol. The first-order valence-electron chi connectivity index (χ1n) is 10.7. The van der Waals surface area contributed by atoms with Gasteiger partial charge in [0.1, 0.15) is 12.4 Å². The van der Waals surface area contributed by atoms with Crippen LogP contribution in [-0.4, -0.2) is 38.8 Å². The molecule has 0 amide bonds. The van der Waals surface area contributed by atoms with Crippen LogP contribution in [0.15, 0.2) is 65.6 Å². The Labute approximate surface area is 177 Å². The highest BCUT2D eigenvalue weighted by Crippen LogP contribution is 2.14. The molecule has 1 aromatic heterocycles. The summed E-state index contributed by atoms with van der Waals surface area (Å²) in [4.78, 5) is 15.1. The molecule has 1 N–H and O–H groups in total. The summed E-state index contributed by atoms with van der Waals surface area (Å²) in [6.07, 6.45) is 4.86. The third-order valence-corrected chi connectivity index (χ3v) is 5.62. The fraction of sp³-hybridized carbons (Fsp3) is 0.375. The van der Waals surface area contributed by atoms with E-state index >= 15 is 0 Å². The van der Waals surface area contributed by atoms with Gasteiger partial charge in [-0.25, -0.2) is 4.79 Å². The molecule has 1 aliphatic rings. The van der Waals surface area contributed by atoms with Gasteiger partial charge in [-0.2, -0.15) is 0 Å². The molecule has 0 radical (unpaired) electrons. The van der Waals surface area contributed by atoms with Crippen molar-refractivity contribution in [3.63, 3.8) is 0 Å². The average Bonchev–Trinajstić information content (AvgIpc) is 3.37. The zero-order chi connectivity index (χ0) is 20.8. The highest BCUT2D eigenvalue weighted by atomic mass is 16.5. The minimum Gasteiger partial charge on any atom is -0.493 e. The molecular weight excluding hydrogens is 378 g/mol. The van der Waals surface area contributed by atoms with Crippen molar-refractivity contribution in [3.05, 3.63) is 82.4 Å². The van der Waals surface area contributed by atoms with Gasteiger partial charge in [-0.15, -0.1) is 0 Å². The van der Waals surface area contributed by atoms with E-state index in [1.54, 1.807) is 4.57 Å². The lowest BCUT2D eigenvalue weighted by molar-refractivity contribution is 0.285. The van der Waals surface area contributed by atoms with Gasteiger partial charge < -0.3 is 9.84 Å². The first kappa shape index (κ1) is 20.3. The van der Waals surface area contributed by atoms with Gasteiger partial charge in [0.15, 0.2) is 0 Å². The van der Waals surface area contributed by atoms with E-state index in [9.17, 15) is 9.90 Å². The van der Waals surface area contributed by atoms with Crippen LogP contribution in [0.4, 0.5) is 0 Å². The molecule has 2 aromatic carbocycles. The van der Waals surface area contributed by atoms with Crippen LogP contribution in [0.25, 0.3) is 0 Å². The van der Waals surface area contributed by atoms with Crippen LogP contribution < -0.4 is 10.4 Å². The zero-order valence-corrected chi connectivity index (χ0v) is 17.2. The van der Waals surface area contributed by atoms with Crippen LogP contribution in [-0.2, 0) is 26.1 Å². The number of ether oxygens (including phenoxy) is 1. The Morgan fingerprint density at radius 2 is 1.60 bits per heavy atom. The SMILES string of the molecule is O=c1n(CCc2ccc(CN3CCCC3)cc2)cc(O)n1CCOc1ccccc1. The second kappa shape index (κ2) is 9.67. The van der Waals surface area contributed by atoms with E-state index in [1.165, 1.54) is 47.8 Å². The number of hydrogen-bond donors (Lipinski definition) is 1. The van der Waals surface area contributed by atoms with Crippen molar-refractivity contribution in [2.24, 2.45) is 0 Å². The van der Waals surface area contributed by atoms with Gasteiger partial charge in [-0.1, -0.05) is 42.5 Å². The van der Waals surface area contributed by atoms with Crippen molar-refractivity contribution in [2.45, 2.75) is 38.9 Å². The summed E-state index contributed by atoms with van der Waals surface area (Å²) in [6, 6.07) is 18.1. The zero-order valence-electron chi connectivity index (χ0n) is 17.2. The molecule has 30 heavy (non-hydrogen) atoms.